The van der Waals surface area contributed by atoms with Gasteiger partial charge in [0.25, 0.3) is 0 Å². The van der Waals surface area contributed by atoms with Crippen LogP contribution in [-0.4, -0.2) is 29.8 Å². The number of hydrogen-bond donors (Lipinski definition) is 2. The molecule has 3 aromatic carbocycles. The van der Waals surface area contributed by atoms with Gasteiger partial charge >= 0.3 is 12.1 Å². The molecule has 1 amide bonds. The highest BCUT2D eigenvalue weighted by Gasteiger charge is 2.30. The van der Waals surface area contributed by atoms with E-state index in [1.807, 2.05) is 48.5 Å². The van der Waals surface area contributed by atoms with Crippen molar-refractivity contribution in [1.29, 1.82) is 0 Å². The maximum atomic E-state index is 13.9. The van der Waals surface area contributed by atoms with Crippen molar-refractivity contribution in [3.8, 4) is 11.1 Å². The van der Waals surface area contributed by atoms with E-state index >= 15 is 0 Å². The first-order chi connectivity index (χ1) is 15.0. The van der Waals surface area contributed by atoms with Gasteiger partial charge in [0, 0.05) is 17.9 Å². The number of alkyl carbamates (subject to hydrolysis) is 1. The molecule has 4 rings (SSSR count). The van der Waals surface area contributed by atoms with Crippen molar-refractivity contribution in [3.63, 3.8) is 0 Å². The molecule has 0 bridgehead atoms. The van der Waals surface area contributed by atoms with Gasteiger partial charge in [-0.2, -0.15) is 0 Å². The number of carboxylic acids is 1. The maximum absolute atomic E-state index is 13.9. The van der Waals surface area contributed by atoms with Crippen LogP contribution in [0.3, 0.4) is 0 Å². The van der Waals surface area contributed by atoms with Crippen molar-refractivity contribution in [1.82, 2.24) is 5.32 Å². The van der Waals surface area contributed by atoms with Crippen LogP contribution in [0.25, 0.3) is 11.1 Å². The second-order valence-electron chi connectivity index (χ2n) is 7.27. The van der Waals surface area contributed by atoms with E-state index in [0.29, 0.717) is 0 Å². The molecule has 0 saturated carbocycles. The standard InChI is InChI=1S/C24H19F2NO4/c25-20-10-5-11-21(26)18(20)12-22(23(28)29)27-24(30)31-13-19-16-8-3-1-6-14(16)15-7-2-4-9-17(15)19/h1-11,19,22H,12-13H2,(H,27,30)(H,28,29)/t22-/m0/s1. The number of ether oxygens (including phenoxy) is 1. The zero-order valence-corrected chi connectivity index (χ0v) is 16.3. The molecule has 7 heteroatoms. The van der Waals surface area contributed by atoms with E-state index in [0.717, 1.165) is 34.4 Å². The number of aliphatic carboxylic acids is 1. The van der Waals surface area contributed by atoms with Crippen molar-refractivity contribution in [2.24, 2.45) is 0 Å². The van der Waals surface area contributed by atoms with Gasteiger partial charge < -0.3 is 15.2 Å². The number of carbonyl (C=O) groups excluding carboxylic acids is 1. The van der Waals surface area contributed by atoms with Crippen LogP contribution in [0, 0.1) is 11.6 Å². The molecule has 1 aliphatic carbocycles. The number of carboxylic acid groups (broad SMARTS) is 1. The monoisotopic (exact) mass is 423 g/mol. The number of rotatable bonds is 6. The number of carbonyl (C=O) groups is 2. The quantitative estimate of drug-likeness (QED) is 0.612. The average molecular weight is 423 g/mol. The molecule has 0 aliphatic heterocycles. The van der Waals surface area contributed by atoms with Gasteiger partial charge in [0.05, 0.1) is 0 Å². The Labute approximate surface area is 177 Å². The Hall–Kier alpha value is -3.74. The molecule has 1 atom stereocenters. The van der Waals surface area contributed by atoms with Gasteiger partial charge in [-0.3, -0.25) is 0 Å². The zero-order valence-electron chi connectivity index (χ0n) is 16.3. The van der Waals surface area contributed by atoms with E-state index in [1.54, 1.807) is 0 Å². The van der Waals surface area contributed by atoms with Crippen LogP contribution in [0.2, 0.25) is 0 Å². The van der Waals surface area contributed by atoms with Crippen LogP contribution >= 0.6 is 0 Å². The number of amides is 1. The lowest BCUT2D eigenvalue weighted by Gasteiger charge is -2.18. The van der Waals surface area contributed by atoms with Crippen LogP contribution in [0.15, 0.2) is 66.7 Å². The Morgan fingerprint density at radius 2 is 1.45 bits per heavy atom. The van der Waals surface area contributed by atoms with Crippen molar-refractivity contribution < 1.29 is 28.2 Å². The summed E-state index contributed by atoms with van der Waals surface area (Å²) in [6.07, 6.45) is -1.51. The highest BCUT2D eigenvalue weighted by molar-refractivity contribution is 5.81. The first-order valence-electron chi connectivity index (χ1n) is 9.73. The second-order valence-corrected chi connectivity index (χ2v) is 7.27. The number of halogens is 2. The lowest BCUT2D eigenvalue weighted by molar-refractivity contribution is -0.139. The van der Waals surface area contributed by atoms with Crippen LogP contribution < -0.4 is 5.32 Å². The fourth-order valence-electron chi connectivity index (χ4n) is 3.91. The van der Waals surface area contributed by atoms with Crippen molar-refractivity contribution in [2.45, 2.75) is 18.4 Å². The minimum Gasteiger partial charge on any atom is -0.480 e. The molecule has 0 unspecified atom stereocenters. The predicted octanol–water partition coefficient (Wildman–Crippen LogP) is 4.50. The first kappa shape index (κ1) is 20.5. The van der Waals surface area contributed by atoms with Gasteiger partial charge in [0.2, 0.25) is 0 Å². The molecule has 158 valence electrons. The fraction of sp³-hybridized carbons (Fsp3) is 0.167. The summed E-state index contributed by atoms with van der Waals surface area (Å²) in [5.74, 6) is -3.36. The van der Waals surface area contributed by atoms with Crippen molar-refractivity contribution in [2.75, 3.05) is 6.61 Å². The molecule has 0 heterocycles. The highest BCUT2D eigenvalue weighted by atomic mass is 19.1. The topological polar surface area (TPSA) is 75.6 Å². The van der Waals surface area contributed by atoms with Gasteiger partial charge in [-0.05, 0) is 34.4 Å². The molecule has 31 heavy (non-hydrogen) atoms. The summed E-state index contributed by atoms with van der Waals surface area (Å²) in [6, 6.07) is 17.3. The smallest absolute Gasteiger partial charge is 0.407 e. The molecule has 0 fully saturated rings. The van der Waals surface area contributed by atoms with Crippen molar-refractivity contribution in [3.05, 3.63) is 95.1 Å². The summed E-state index contributed by atoms with van der Waals surface area (Å²) in [6.45, 7) is 0.000256. The average Bonchev–Trinajstić information content (AvgIpc) is 3.08. The number of fused-ring (bicyclic) bond motifs is 3. The number of hydrogen-bond acceptors (Lipinski definition) is 3. The summed E-state index contributed by atoms with van der Waals surface area (Å²) < 4.78 is 33.1. The summed E-state index contributed by atoms with van der Waals surface area (Å²) >= 11 is 0. The van der Waals surface area contributed by atoms with Crippen LogP contribution in [0.5, 0.6) is 0 Å². The summed E-state index contributed by atoms with van der Waals surface area (Å²) in [5, 5.41) is 11.6. The molecular formula is C24H19F2NO4. The molecule has 1 aliphatic rings. The van der Waals surface area contributed by atoms with E-state index in [9.17, 15) is 23.5 Å². The molecule has 0 aromatic heterocycles. The minimum absolute atomic E-state index is 0.000256. The third-order valence-electron chi connectivity index (χ3n) is 5.40. The molecule has 0 saturated heterocycles. The van der Waals surface area contributed by atoms with E-state index in [1.165, 1.54) is 6.07 Å². The molecule has 0 radical (unpaired) electrons. The van der Waals surface area contributed by atoms with Gasteiger partial charge in [-0.25, -0.2) is 18.4 Å². The van der Waals surface area contributed by atoms with Crippen molar-refractivity contribution >= 4 is 12.1 Å². The fourth-order valence-corrected chi connectivity index (χ4v) is 3.91. The summed E-state index contributed by atoms with van der Waals surface area (Å²) in [5.41, 5.74) is 3.74. The Bertz CT molecular complexity index is 1080. The van der Waals surface area contributed by atoms with E-state index in [2.05, 4.69) is 5.32 Å². The molecule has 2 N–H and O–H groups in total. The van der Waals surface area contributed by atoms with Gasteiger partial charge in [0.1, 0.15) is 24.3 Å². The number of nitrogens with one attached hydrogen (secondary N) is 1. The Kier molecular flexibility index (Phi) is 5.66. The summed E-state index contributed by atoms with van der Waals surface area (Å²) in [4.78, 5) is 23.8. The highest BCUT2D eigenvalue weighted by Crippen LogP contribution is 2.44. The van der Waals surface area contributed by atoms with Gasteiger partial charge in [-0.15, -0.1) is 0 Å². The first-order valence-corrected chi connectivity index (χ1v) is 9.73. The lowest BCUT2D eigenvalue weighted by atomic mass is 9.98. The molecule has 5 nitrogen and oxygen atoms in total. The van der Waals surface area contributed by atoms with Crippen LogP contribution in [0.1, 0.15) is 22.6 Å². The Balaban J connectivity index is 1.45. The second kappa shape index (κ2) is 8.55. The maximum Gasteiger partial charge on any atom is 0.407 e. The van der Waals surface area contributed by atoms with Crippen LogP contribution in [-0.2, 0) is 16.0 Å². The van der Waals surface area contributed by atoms with Gasteiger partial charge in [-0.1, -0.05) is 54.6 Å². The Morgan fingerprint density at radius 3 is 2.00 bits per heavy atom. The SMILES string of the molecule is O=C(N[C@@H](Cc1c(F)cccc1F)C(=O)O)OCC1c2ccccc2-c2ccccc21. The largest absolute Gasteiger partial charge is 0.480 e. The van der Waals surface area contributed by atoms with E-state index in [4.69, 9.17) is 4.74 Å². The molecule has 0 spiro atoms. The predicted molar refractivity (Wildman–Crippen MR) is 110 cm³/mol. The minimum atomic E-state index is -1.54. The summed E-state index contributed by atoms with van der Waals surface area (Å²) in [7, 11) is 0. The number of benzene rings is 3. The lowest BCUT2D eigenvalue weighted by Crippen LogP contribution is -2.43. The third-order valence-corrected chi connectivity index (χ3v) is 5.40. The third kappa shape index (κ3) is 4.12. The van der Waals surface area contributed by atoms with Crippen LogP contribution in [0.4, 0.5) is 13.6 Å². The Morgan fingerprint density at radius 1 is 0.903 bits per heavy atom. The normalized spacial score (nSPS) is 13.2. The zero-order chi connectivity index (χ0) is 22.0. The molecule has 3 aromatic rings. The molecular weight excluding hydrogens is 404 g/mol. The van der Waals surface area contributed by atoms with Gasteiger partial charge in [0.15, 0.2) is 0 Å². The van der Waals surface area contributed by atoms with E-state index < -0.39 is 41.7 Å². The van der Waals surface area contributed by atoms with E-state index in [-0.39, 0.29) is 12.5 Å².